The minimum absolute atomic E-state index is 0.0942. The van der Waals surface area contributed by atoms with Gasteiger partial charge in [-0.2, -0.15) is 0 Å². The lowest BCUT2D eigenvalue weighted by Crippen LogP contribution is -2.30. The van der Waals surface area contributed by atoms with E-state index in [0.717, 1.165) is 9.87 Å². The molecule has 6 heteroatoms. The average molecular weight is 308 g/mol. The van der Waals surface area contributed by atoms with Crippen LogP contribution in [-0.4, -0.2) is 15.0 Å². The van der Waals surface area contributed by atoms with Gasteiger partial charge >= 0.3 is 0 Å². The molecule has 2 rings (SSSR count). The Balaban J connectivity index is 2.51. The highest BCUT2D eigenvalue weighted by Crippen LogP contribution is 2.26. The van der Waals surface area contributed by atoms with Crippen LogP contribution in [0.1, 0.15) is 12.5 Å². The highest BCUT2D eigenvalue weighted by Gasteiger charge is 2.24. The first kappa shape index (κ1) is 15.3. The zero-order chi connectivity index (χ0) is 15.6. The summed E-state index contributed by atoms with van der Waals surface area (Å²) in [6.07, 6.45) is 0. The van der Waals surface area contributed by atoms with Gasteiger partial charge in [-0.05, 0) is 49.7 Å². The van der Waals surface area contributed by atoms with E-state index in [-0.39, 0.29) is 17.1 Å². The van der Waals surface area contributed by atoms with Crippen LogP contribution in [0.3, 0.4) is 0 Å². The number of nitrogens with zero attached hydrogens (tertiary/aromatic N) is 1. The van der Waals surface area contributed by atoms with Crippen LogP contribution in [0.15, 0.2) is 47.4 Å². The Hall–Kier alpha value is -2.08. The van der Waals surface area contributed by atoms with Crippen molar-refractivity contribution >= 4 is 21.4 Å². The van der Waals surface area contributed by atoms with Gasteiger partial charge in [-0.15, -0.1) is 0 Å². The van der Waals surface area contributed by atoms with Gasteiger partial charge in [0.15, 0.2) is 0 Å². The third-order valence-electron chi connectivity index (χ3n) is 3.22. The predicted molar refractivity (Wildman–Crippen MR) is 82.2 cm³/mol. The molecule has 0 atom stereocenters. The molecule has 0 radical (unpaired) electrons. The maximum Gasteiger partial charge on any atom is 0.264 e. The molecule has 4 nitrogen and oxygen atoms in total. The Morgan fingerprint density at radius 2 is 1.90 bits per heavy atom. The van der Waals surface area contributed by atoms with Gasteiger partial charge in [0.25, 0.3) is 10.0 Å². The molecule has 112 valence electrons. The van der Waals surface area contributed by atoms with Crippen LogP contribution in [0.4, 0.5) is 15.8 Å². The second-order valence-corrected chi connectivity index (χ2v) is 6.53. The van der Waals surface area contributed by atoms with Gasteiger partial charge in [0.2, 0.25) is 0 Å². The first-order chi connectivity index (χ1) is 9.86. The number of nitrogens with two attached hydrogens (primary N) is 1. The van der Waals surface area contributed by atoms with Crippen LogP contribution in [0.5, 0.6) is 0 Å². The van der Waals surface area contributed by atoms with E-state index in [1.807, 2.05) is 0 Å². The molecule has 0 spiro atoms. The largest absolute Gasteiger partial charge is 0.398 e. The van der Waals surface area contributed by atoms with Gasteiger partial charge in [0.1, 0.15) is 5.82 Å². The smallest absolute Gasteiger partial charge is 0.264 e. The van der Waals surface area contributed by atoms with Crippen LogP contribution < -0.4 is 10.0 Å². The van der Waals surface area contributed by atoms with Crippen molar-refractivity contribution in [3.05, 3.63) is 53.8 Å². The van der Waals surface area contributed by atoms with Crippen LogP contribution in [0.2, 0.25) is 0 Å². The number of hydrogen-bond acceptors (Lipinski definition) is 3. The predicted octanol–water partition coefficient (Wildman–Crippen LogP) is 2.93. The first-order valence-corrected chi connectivity index (χ1v) is 7.94. The van der Waals surface area contributed by atoms with Gasteiger partial charge < -0.3 is 5.73 Å². The summed E-state index contributed by atoms with van der Waals surface area (Å²) in [5.41, 5.74) is 7.28. The Bertz CT molecular complexity index is 760. The molecule has 0 aliphatic carbocycles. The molecule has 0 bridgehead atoms. The molecule has 2 aromatic carbocycles. The molecule has 2 aromatic rings. The summed E-state index contributed by atoms with van der Waals surface area (Å²) in [5, 5.41) is 0. The van der Waals surface area contributed by atoms with E-state index in [0.29, 0.717) is 5.69 Å². The van der Waals surface area contributed by atoms with Crippen molar-refractivity contribution in [3.8, 4) is 0 Å². The monoisotopic (exact) mass is 308 g/mol. The molecule has 0 saturated carbocycles. The molecular weight excluding hydrogens is 291 g/mol. The standard InChI is InChI=1S/C15H17FN2O2S/c1-3-18(13-6-4-5-12(16)9-13)21(19,20)14-8-7-11(2)15(17)10-14/h4-10H,3,17H2,1-2H3. The number of aryl methyl sites for hydroxylation is 1. The number of rotatable bonds is 4. The van der Waals surface area contributed by atoms with E-state index in [4.69, 9.17) is 5.73 Å². The summed E-state index contributed by atoms with van der Waals surface area (Å²) >= 11 is 0. The molecule has 0 aliphatic rings. The van der Waals surface area contributed by atoms with Crippen LogP contribution in [0, 0.1) is 12.7 Å². The maximum atomic E-state index is 13.3. The number of hydrogen-bond donors (Lipinski definition) is 1. The maximum absolute atomic E-state index is 13.3. The van der Waals surface area contributed by atoms with Crippen molar-refractivity contribution in [1.29, 1.82) is 0 Å². The summed E-state index contributed by atoms with van der Waals surface area (Å²) in [6.45, 7) is 3.69. The van der Waals surface area contributed by atoms with E-state index in [2.05, 4.69) is 0 Å². The normalized spacial score (nSPS) is 11.4. The van der Waals surface area contributed by atoms with E-state index in [9.17, 15) is 12.8 Å². The fourth-order valence-electron chi connectivity index (χ4n) is 2.03. The molecular formula is C15H17FN2O2S. The molecule has 21 heavy (non-hydrogen) atoms. The molecule has 0 amide bonds. The Morgan fingerprint density at radius 3 is 2.48 bits per heavy atom. The van der Waals surface area contributed by atoms with Gasteiger partial charge in [0, 0.05) is 12.2 Å². The minimum atomic E-state index is -3.77. The Kier molecular flexibility index (Phi) is 4.18. The Morgan fingerprint density at radius 1 is 1.19 bits per heavy atom. The molecule has 0 aliphatic heterocycles. The van der Waals surface area contributed by atoms with Crippen molar-refractivity contribution in [2.24, 2.45) is 0 Å². The molecule has 0 aromatic heterocycles. The fourth-order valence-corrected chi connectivity index (χ4v) is 3.53. The number of nitrogen functional groups attached to an aromatic ring is 1. The zero-order valence-electron chi connectivity index (χ0n) is 11.9. The first-order valence-electron chi connectivity index (χ1n) is 6.50. The third-order valence-corrected chi connectivity index (χ3v) is 5.12. The lowest BCUT2D eigenvalue weighted by Gasteiger charge is -2.23. The van der Waals surface area contributed by atoms with Crippen molar-refractivity contribution in [3.63, 3.8) is 0 Å². The molecule has 0 fully saturated rings. The summed E-state index contributed by atoms with van der Waals surface area (Å²) < 4.78 is 39.9. The molecule has 2 N–H and O–H groups in total. The number of sulfonamides is 1. The van der Waals surface area contributed by atoms with E-state index in [1.54, 1.807) is 26.0 Å². The fraction of sp³-hybridized carbons (Fsp3) is 0.200. The van der Waals surface area contributed by atoms with E-state index < -0.39 is 15.8 Å². The number of benzene rings is 2. The van der Waals surface area contributed by atoms with Crippen molar-refractivity contribution in [2.45, 2.75) is 18.7 Å². The van der Waals surface area contributed by atoms with Crippen LogP contribution in [0.25, 0.3) is 0 Å². The lowest BCUT2D eigenvalue weighted by molar-refractivity contribution is 0.591. The van der Waals surface area contributed by atoms with E-state index >= 15 is 0 Å². The SMILES string of the molecule is CCN(c1cccc(F)c1)S(=O)(=O)c1ccc(C)c(N)c1. The highest BCUT2D eigenvalue weighted by atomic mass is 32.2. The average Bonchev–Trinajstić information content (AvgIpc) is 2.42. The summed E-state index contributed by atoms with van der Waals surface area (Å²) in [4.78, 5) is 0.0942. The topological polar surface area (TPSA) is 63.4 Å². The van der Waals surface area contributed by atoms with Gasteiger partial charge in [-0.1, -0.05) is 12.1 Å². The lowest BCUT2D eigenvalue weighted by atomic mass is 10.2. The van der Waals surface area contributed by atoms with Gasteiger partial charge in [-0.3, -0.25) is 4.31 Å². The molecule has 0 heterocycles. The zero-order valence-corrected chi connectivity index (χ0v) is 12.7. The quantitative estimate of drug-likeness (QED) is 0.883. The second-order valence-electron chi connectivity index (χ2n) is 4.67. The van der Waals surface area contributed by atoms with Crippen molar-refractivity contribution < 1.29 is 12.8 Å². The highest BCUT2D eigenvalue weighted by molar-refractivity contribution is 7.92. The number of anilines is 2. The second kappa shape index (κ2) is 5.73. The molecule has 0 saturated heterocycles. The van der Waals surface area contributed by atoms with Gasteiger partial charge in [-0.25, -0.2) is 12.8 Å². The van der Waals surface area contributed by atoms with Crippen LogP contribution in [-0.2, 0) is 10.0 Å². The van der Waals surface area contributed by atoms with E-state index in [1.165, 1.54) is 30.3 Å². The summed E-state index contributed by atoms with van der Waals surface area (Å²) in [6, 6.07) is 10.1. The summed E-state index contributed by atoms with van der Waals surface area (Å²) in [7, 11) is -3.77. The third kappa shape index (κ3) is 3.00. The Labute approximate surface area is 124 Å². The van der Waals surface area contributed by atoms with Gasteiger partial charge in [0.05, 0.1) is 10.6 Å². The van der Waals surface area contributed by atoms with Crippen molar-refractivity contribution in [1.82, 2.24) is 0 Å². The van der Waals surface area contributed by atoms with Crippen LogP contribution >= 0.6 is 0 Å². The van der Waals surface area contributed by atoms with Crippen molar-refractivity contribution in [2.75, 3.05) is 16.6 Å². The molecule has 0 unspecified atom stereocenters. The number of halogens is 1. The minimum Gasteiger partial charge on any atom is -0.398 e. The summed E-state index contributed by atoms with van der Waals surface area (Å²) in [5.74, 6) is -0.482.